The van der Waals surface area contributed by atoms with Gasteiger partial charge in [-0.2, -0.15) is 18.3 Å². The van der Waals surface area contributed by atoms with Gasteiger partial charge < -0.3 is 4.74 Å². The van der Waals surface area contributed by atoms with Crippen molar-refractivity contribution in [3.8, 4) is 0 Å². The van der Waals surface area contributed by atoms with Crippen molar-refractivity contribution in [3.05, 3.63) is 46.1 Å². The van der Waals surface area contributed by atoms with E-state index in [2.05, 4.69) is 5.10 Å². The third-order valence-electron chi connectivity index (χ3n) is 3.59. The summed E-state index contributed by atoms with van der Waals surface area (Å²) < 4.78 is 70.8. The zero-order valence-corrected chi connectivity index (χ0v) is 16.0. The average molecular weight is 425 g/mol. The van der Waals surface area contributed by atoms with Crippen LogP contribution in [0.15, 0.2) is 29.3 Å². The smallest absolute Gasteiger partial charge is 0.435 e. The normalized spacial score (nSPS) is 12.2. The Morgan fingerprint density at radius 2 is 1.85 bits per heavy atom. The Kier molecular flexibility index (Phi) is 6.21. The first kappa shape index (κ1) is 21.2. The maximum absolute atomic E-state index is 13.3. The number of halogens is 4. The standard InChI is InChI=1S/C16H16ClF3N2O4S/c1-3-13(23)26-8-12-14(16(18,19)20)21-22(2)15(12)27(24,25)9-10-4-6-11(17)7-5-10/h4-7H,3,8-9H2,1-2H3. The molecule has 0 bridgehead atoms. The zero-order valence-electron chi connectivity index (χ0n) is 14.4. The van der Waals surface area contributed by atoms with E-state index in [1.165, 1.54) is 31.2 Å². The van der Waals surface area contributed by atoms with Crippen molar-refractivity contribution in [1.29, 1.82) is 0 Å². The molecule has 6 nitrogen and oxygen atoms in total. The van der Waals surface area contributed by atoms with Crippen LogP contribution >= 0.6 is 11.6 Å². The molecule has 1 aromatic heterocycles. The molecule has 0 radical (unpaired) electrons. The molecule has 0 saturated heterocycles. The molecule has 0 saturated carbocycles. The van der Waals surface area contributed by atoms with Crippen molar-refractivity contribution in [1.82, 2.24) is 9.78 Å². The molecule has 0 aliphatic heterocycles. The first-order valence-corrected chi connectivity index (χ1v) is 9.74. The second kappa shape index (κ2) is 7.89. The van der Waals surface area contributed by atoms with E-state index in [1.54, 1.807) is 0 Å². The number of aromatic nitrogens is 2. The van der Waals surface area contributed by atoms with E-state index >= 15 is 0 Å². The summed E-state index contributed by atoms with van der Waals surface area (Å²) in [6.07, 6.45) is -4.96. The highest BCUT2D eigenvalue weighted by atomic mass is 35.5. The van der Waals surface area contributed by atoms with Crippen LogP contribution in [0.3, 0.4) is 0 Å². The van der Waals surface area contributed by atoms with E-state index in [1.807, 2.05) is 0 Å². The first-order valence-electron chi connectivity index (χ1n) is 7.71. The van der Waals surface area contributed by atoms with Crippen LogP contribution in [0, 0.1) is 0 Å². The van der Waals surface area contributed by atoms with Gasteiger partial charge in [0.25, 0.3) is 0 Å². The Hall–Kier alpha value is -2.07. The molecule has 0 atom stereocenters. The molecule has 0 spiro atoms. The molecular formula is C16H16ClF3N2O4S. The second-order valence-electron chi connectivity index (χ2n) is 5.65. The summed E-state index contributed by atoms with van der Waals surface area (Å²) in [6, 6.07) is 5.86. The van der Waals surface area contributed by atoms with Crippen LogP contribution in [-0.2, 0) is 45.0 Å². The van der Waals surface area contributed by atoms with Crippen molar-refractivity contribution < 1.29 is 31.1 Å². The number of hydrogen-bond donors (Lipinski definition) is 0. The number of esters is 1. The molecule has 0 aliphatic rings. The number of aryl methyl sites for hydroxylation is 1. The van der Waals surface area contributed by atoms with Gasteiger partial charge in [-0.1, -0.05) is 30.7 Å². The summed E-state index contributed by atoms with van der Waals surface area (Å²) in [5, 5.41) is 3.05. The number of hydrogen-bond acceptors (Lipinski definition) is 5. The fourth-order valence-electron chi connectivity index (χ4n) is 2.42. The number of carbonyl (C=O) groups excluding carboxylic acids is 1. The maximum atomic E-state index is 13.3. The highest BCUT2D eigenvalue weighted by Gasteiger charge is 2.41. The summed E-state index contributed by atoms with van der Waals surface area (Å²) in [5.41, 5.74) is -1.75. The number of alkyl halides is 3. The number of benzene rings is 1. The fraction of sp³-hybridized carbons (Fsp3) is 0.375. The minimum atomic E-state index is -4.90. The largest absolute Gasteiger partial charge is 0.461 e. The van der Waals surface area contributed by atoms with Crippen molar-refractivity contribution in [2.45, 2.75) is 36.9 Å². The molecule has 2 aromatic rings. The molecule has 0 aliphatic carbocycles. The van der Waals surface area contributed by atoms with Crippen LogP contribution in [0.4, 0.5) is 13.2 Å². The van der Waals surface area contributed by atoms with Gasteiger partial charge in [0, 0.05) is 18.5 Å². The molecule has 148 valence electrons. The summed E-state index contributed by atoms with van der Waals surface area (Å²) in [7, 11) is -3.12. The molecule has 11 heteroatoms. The quantitative estimate of drug-likeness (QED) is 0.663. The Morgan fingerprint density at radius 3 is 2.37 bits per heavy atom. The minimum absolute atomic E-state index is 0.0610. The lowest BCUT2D eigenvalue weighted by Gasteiger charge is -2.10. The number of sulfone groups is 1. The lowest BCUT2D eigenvalue weighted by molar-refractivity contribution is -0.148. The summed E-state index contributed by atoms with van der Waals surface area (Å²) in [4.78, 5) is 11.3. The topological polar surface area (TPSA) is 78.3 Å². The number of nitrogens with zero attached hydrogens (tertiary/aromatic N) is 2. The van der Waals surface area contributed by atoms with E-state index < -0.39 is 50.6 Å². The SMILES string of the molecule is CCC(=O)OCc1c(C(F)(F)F)nn(C)c1S(=O)(=O)Cc1ccc(Cl)cc1. The Bertz CT molecular complexity index is 938. The molecule has 0 amide bonds. The molecule has 0 unspecified atom stereocenters. The van der Waals surface area contributed by atoms with Crippen LogP contribution < -0.4 is 0 Å². The van der Waals surface area contributed by atoms with Gasteiger partial charge in [0.05, 0.1) is 11.3 Å². The fourth-order valence-corrected chi connectivity index (χ4v) is 4.29. The predicted octanol–water partition coefficient (Wildman–Crippen LogP) is 3.52. The van der Waals surface area contributed by atoms with Gasteiger partial charge in [0.2, 0.25) is 0 Å². The second-order valence-corrected chi connectivity index (χ2v) is 7.99. The summed E-state index contributed by atoms with van der Waals surface area (Å²) in [6.45, 7) is 0.624. The molecule has 2 rings (SSSR count). The average Bonchev–Trinajstić information content (AvgIpc) is 2.92. The van der Waals surface area contributed by atoms with E-state index in [9.17, 15) is 26.4 Å². The van der Waals surface area contributed by atoms with Gasteiger partial charge in [-0.15, -0.1) is 0 Å². The maximum Gasteiger partial charge on any atom is 0.435 e. The highest BCUT2D eigenvalue weighted by molar-refractivity contribution is 7.90. The van der Waals surface area contributed by atoms with Crippen LogP contribution in [0.1, 0.15) is 30.2 Å². The monoisotopic (exact) mass is 424 g/mol. The lowest BCUT2D eigenvalue weighted by Crippen LogP contribution is -2.15. The Morgan fingerprint density at radius 1 is 1.26 bits per heavy atom. The van der Waals surface area contributed by atoms with Crippen LogP contribution in [0.2, 0.25) is 5.02 Å². The van der Waals surface area contributed by atoms with Crippen molar-refractivity contribution in [2.24, 2.45) is 7.05 Å². The lowest BCUT2D eigenvalue weighted by atomic mass is 10.2. The van der Waals surface area contributed by atoms with Gasteiger partial charge in [0.1, 0.15) is 6.61 Å². The first-order chi connectivity index (χ1) is 12.5. The van der Waals surface area contributed by atoms with Crippen molar-refractivity contribution >= 4 is 27.4 Å². The molecule has 0 fully saturated rings. The molecule has 1 heterocycles. The number of carbonyl (C=O) groups is 1. The minimum Gasteiger partial charge on any atom is -0.461 e. The van der Waals surface area contributed by atoms with Gasteiger partial charge in [-0.25, -0.2) is 8.42 Å². The molecular weight excluding hydrogens is 409 g/mol. The third-order valence-corrected chi connectivity index (χ3v) is 5.65. The van der Waals surface area contributed by atoms with Gasteiger partial charge in [-0.05, 0) is 17.7 Å². The van der Waals surface area contributed by atoms with Crippen LogP contribution in [0.25, 0.3) is 0 Å². The predicted molar refractivity (Wildman–Crippen MR) is 90.6 cm³/mol. The van der Waals surface area contributed by atoms with Gasteiger partial charge >= 0.3 is 12.1 Å². The molecule has 1 aromatic carbocycles. The third kappa shape index (κ3) is 5.01. The van der Waals surface area contributed by atoms with Gasteiger partial charge in [-0.3, -0.25) is 9.48 Å². The Labute approximate surface area is 158 Å². The van der Waals surface area contributed by atoms with Gasteiger partial charge in [0.15, 0.2) is 20.6 Å². The van der Waals surface area contributed by atoms with Crippen molar-refractivity contribution in [3.63, 3.8) is 0 Å². The highest BCUT2D eigenvalue weighted by Crippen LogP contribution is 2.35. The van der Waals surface area contributed by atoms with Crippen LogP contribution in [-0.4, -0.2) is 24.2 Å². The molecule has 27 heavy (non-hydrogen) atoms. The van der Waals surface area contributed by atoms with Crippen molar-refractivity contribution in [2.75, 3.05) is 0 Å². The Balaban J connectivity index is 2.51. The van der Waals surface area contributed by atoms with E-state index in [0.29, 0.717) is 15.3 Å². The van der Waals surface area contributed by atoms with E-state index in [0.717, 1.165) is 7.05 Å². The van der Waals surface area contributed by atoms with E-state index in [-0.39, 0.29) is 6.42 Å². The summed E-state index contributed by atoms with van der Waals surface area (Å²) in [5.74, 6) is -1.32. The number of rotatable bonds is 6. The zero-order chi connectivity index (χ0) is 20.4. The molecule has 0 N–H and O–H groups in total. The number of ether oxygens (including phenoxy) is 1. The van der Waals surface area contributed by atoms with E-state index in [4.69, 9.17) is 16.3 Å². The summed E-state index contributed by atoms with van der Waals surface area (Å²) >= 11 is 5.75. The van der Waals surface area contributed by atoms with Crippen LogP contribution in [0.5, 0.6) is 0 Å².